The number of rotatable bonds is 3. The molecular formula is C14H19N3O4. The summed E-state index contributed by atoms with van der Waals surface area (Å²) in [6.45, 7) is 0. The third-order valence-corrected chi connectivity index (χ3v) is 4.28. The van der Waals surface area contributed by atoms with Crippen LogP contribution in [0.1, 0.15) is 43.0 Å². The summed E-state index contributed by atoms with van der Waals surface area (Å²) in [4.78, 5) is 23.1. The van der Waals surface area contributed by atoms with E-state index in [0.29, 0.717) is 12.8 Å². The first-order valence-electron chi connectivity index (χ1n) is 7.25. The van der Waals surface area contributed by atoms with Crippen molar-refractivity contribution in [2.24, 2.45) is 7.05 Å². The van der Waals surface area contributed by atoms with E-state index in [1.807, 2.05) is 11.7 Å². The van der Waals surface area contributed by atoms with Crippen molar-refractivity contribution in [3.8, 4) is 0 Å². The van der Waals surface area contributed by atoms with E-state index in [1.165, 1.54) is 0 Å². The van der Waals surface area contributed by atoms with Crippen LogP contribution in [-0.4, -0.2) is 39.0 Å². The fraction of sp³-hybridized carbons (Fsp3) is 0.643. The van der Waals surface area contributed by atoms with Crippen molar-refractivity contribution in [3.05, 3.63) is 17.5 Å². The SMILES string of the molecule is Cn1ncc2c1CCCC2NC(=O)C1CCC(C(=O)O)O1. The number of fused-ring (bicyclic) bond motifs is 1. The first kappa shape index (κ1) is 14.1. The van der Waals surface area contributed by atoms with Crippen molar-refractivity contribution in [2.75, 3.05) is 0 Å². The molecule has 7 heteroatoms. The number of nitrogens with zero attached hydrogens (tertiary/aromatic N) is 2. The molecule has 2 heterocycles. The van der Waals surface area contributed by atoms with Crippen molar-refractivity contribution in [1.82, 2.24) is 15.1 Å². The molecule has 1 saturated heterocycles. The average Bonchev–Trinajstić information content (AvgIpc) is 3.07. The standard InChI is InChI=1S/C14H19N3O4/c1-17-10-4-2-3-9(8(10)7-15-17)16-13(18)11-5-6-12(21-11)14(19)20/h7,9,11-12H,2-6H2,1H3,(H,16,18)(H,19,20). The monoisotopic (exact) mass is 293 g/mol. The molecule has 1 aromatic rings. The number of aromatic nitrogens is 2. The van der Waals surface area contributed by atoms with E-state index in [-0.39, 0.29) is 11.9 Å². The lowest BCUT2D eigenvalue weighted by molar-refractivity contribution is -0.151. The Morgan fingerprint density at radius 3 is 2.86 bits per heavy atom. The predicted molar refractivity (Wildman–Crippen MR) is 72.6 cm³/mol. The smallest absolute Gasteiger partial charge is 0.332 e. The van der Waals surface area contributed by atoms with Gasteiger partial charge in [0.15, 0.2) is 6.10 Å². The van der Waals surface area contributed by atoms with Gasteiger partial charge < -0.3 is 15.2 Å². The minimum Gasteiger partial charge on any atom is -0.479 e. The van der Waals surface area contributed by atoms with E-state index in [0.717, 1.165) is 30.5 Å². The molecule has 114 valence electrons. The zero-order valence-corrected chi connectivity index (χ0v) is 11.9. The molecule has 3 atom stereocenters. The highest BCUT2D eigenvalue weighted by atomic mass is 16.5. The minimum absolute atomic E-state index is 0.0533. The number of ether oxygens (including phenoxy) is 1. The van der Waals surface area contributed by atoms with Crippen LogP contribution in [0.15, 0.2) is 6.20 Å². The van der Waals surface area contributed by atoms with Gasteiger partial charge in [0.1, 0.15) is 6.10 Å². The largest absolute Gasteiger partial charge is 0.479 e. The molecule has 3 unspecified atom stereocenters. The average molecular weight is 293 g/mol. The molecule has 2 N–H and O–H groups in total. The summed E-state index contributed by atoms with van der Waals surface area (Å²) in [7, 11) is 1.90. The third kappa shape index (κ3) is 2.65. The quantitative estimate of drug-likeness (QED) is 0.848. The molecule has 1 fully saturated rings. The molecular weight excluding hydrogens is 274 g/mol. The second-order valence-electron chi connectivity index (χ2n) is 5.65. The molecule has 2 aliphatic rings. The highest BCUT2D eigenvalue weighted by Gasteiger charge is 2.36. The molecule has 1 aliphatic carbocycles. The molecule has 1 aromatic heterocycles. The van der Waals surface area contributed by atoms with Gasteiger partial charge in [0.2, 0.25) is 5.91 Å². The molecule has 1 amide bonds. The number of hydrogen-bond acceptors (Lipinski definition) is 4. The number of nitrogens with one attached hydrogen (secondary N) is 1. The van der Waals surface area contributed by atoms with E-state index < -0.39 is 18.2 Å². The Hall–Kier alpha value is -1.89. The van der Waals surface area contributed by atoms with Crippen LogP contribution in [0.2, 0.25) is 0 Å². The first-order valence-corrected chi connectivity index (χ1v) is 7.25. The number of amides is 1. The van der Waals surface area contributed by atoms with Crippen LogP contribution in [0, 0.1) is 0 Å². The predicted octanol–water partition coefficient (Wildman–Crippen LogP) is 0.546. The maximum atomic E-state index is 12.2. The van der Waals surface area contributed by atoms with E-state index in [2.05, 4.69) is 10.4 Å². The van der Waals surface area contributed by atoms with Gasteiger partial charge in [-0.2, -0.15) is 5.10 Å². The first-order chi connectivity index (χ1) is 10.1. The van der Waals surface area contributed by atoms with Gasteiger partial charge in [-0.15, -0.1) is 0 Å². The molecule has 0 bridgehead atoms. The zero-order valence-electron chi connectivity index (χ0n) is 11.9. The Bertz CT molecular complexity index is 569. The highest BCUT2D eigenvalue weighted by Crippen LogP contribution is 2.30. The lowest BCUT2D eigenvalue weighted by Crippen LogP contribution is -2.39. The maximum Gasteiger partial charge on any atom is 0.332 e. The number of carboxylic acids is 1. The normalized spacial score (nSPS) is 28.1. The van der Waals surface area contributed by atoms with E-state index in [9.17, 15) is 9.59 Å². The van der Waals surface area contributed by atoms with Gasteiger partial charge in [-0.25, -0.2) is 4.79 Å². The van der Waals surface area contributed by atoms with Gasteiger partial charge in [0.25, 0.3) is 0 Å². The minimum atomic E-state index is -1.00. The van der Waals surface area contributed by atoms with Crippen molar-refractivity contribution in [1.29, 1.82) is 0 Å². The Kier molecular flexibility index (Phi) is 3.67. The Labute approximate surface area is 122 Å². The van der Waals surface area contributed by atoms with E-state index in [1.54, 1.807) is 6.20 Å². The summed E-state index contributed by atoms with van der Waals surface area (Å²) in [5, 5.41) is 16.1. The zero-order chi connectivity index (χ0) is 15.0. The summed E-state index contributed by atoms with van der Waals surface area (Å²) < 4.78 is 7.13. The number of carbonyl (C=O) groups is 2. The van der Waals surface area contributed by atoms with Gasteiger partial charge in [-0.3, -0.25) is 9.48 Å². The lowest BCUT2D eigenvalue weighted by atomic mass is 9.93. The van der Waals surface area contributed by atoms with Crippen LogP contribution in [0.5, 0.6) is 0 Å². The topological polar surface area (TPSA) is 93.5 Å². The molecule has 0 saturated carbocycles. The number of carboxylic acid groups (broad SMARTS) is 1. The van der Waals surface area contributed by atoms with Gasteiger partial charge in [0.05, 0.1) is 12.2 Å². The summed E-state index contributed by atoms with van der Waals surface area (Å²) in [6.07, 6.45) is 3.97. The van der Waals surface area contributed by atoms with Crippen molar-refractivity contribution >= 4 is 11.9 Å². The Morgan fingerprint density at radius 2 is 2.14 bits per heavy atom. The second kappa shape index (κ2) is 5.48. The molecule has 7 nitrogen and oxygen atoms in total. The van der Waals surface area contributed by atoms with E-state index in [4.69, 9.17) is 9.84 Å². The number of aliphatic carboxylic acids is 1. The maximum absolute atomic E-state index is 12.2. The van der Waals surface area contributed by atoms with Crippen LogP contribution in [-0.2, 0) is 27.8 Å². The van der Waals surface area contributed by atoms with Crippen LogP contribution < -0.4 is 5.32 Å². The molecule has 21 heavy (non-hydrogen) atoms. The van der Waals surface area contributed by atoms with Crippen LogP contribution >= 0.6 is 0 Å². The summed E-state index contributed by atoms with van der Waals surface area (Å²) in [6, 6.07) is -0.0533. The van der Waals surface area contributed by atoms with Gasteiger partial charge in [-0.1, -0.05) is 0 Å². The van der Waals surface area contributed by atoms with Crippen LogP contribution in [0.25, 0.3) is 0 Å². The second-order valence-corrected chi connectivity index (χ2v) is 5.65. The summed E-state index contributed by atoms with van der Waals surface area (Å²) >= 11 is 0. The Balaban J connectivity index is 1.65. The highest BCUT2D eigenvalue weighted by molar-refractivity contribution is 5.83. The van der Waals surface area contributed by atoms with Gasteiger partial charge >= 0.3 is 5.97 Å². The molecule has 0 aromatic carbocycles. The fourth-order valence-corrected chi connectivity index (χ4v) is 3.13. The van der Waals surface area contributed by atoms with Crippen LogP contribution in [0.4, 0.5) is 0 Å². The molecule has 0 spiro atoms. The van der Waals surface area contributed by atoms with Crippen molar-refractivity contribution in [2.45, 2.75) is 50.4 Å². The number of carbonyl (C=O) groups excluding carboxylic acids is 1. The fourth-order valence-electron chi connectivity index (χ4n) is 3.13. The van der Waals surface area contributed by atoms with Crippen molar-refractivity contribution in [3.63, 3.8) is 0 Å². The Morgan fingerprint density at radius 1 is 1.38 bits per heavy atom. The molecule has 0 radical (unpaired) electrons. The molecule has 1 aliphatic heterocycles. The third-order valence-electron chi connectivity index (χ3n) is 4.28. The van der Waals surface area contributed by atoms with Gasteiger partial charge in [-0.05, 0) is 32.1 Å². The molecule has 3 rings (SSSR count). The van der Waals surface area contributed by atoms with E-state index >= 15 is 0 Å². The van der Waals surface area contributed by atoms with Crippen LogP contribution in [0.3, 0.4) is 0 Å². The number of hydrogen-bond donors (Lipinski definition) is 2. The van der Waals surface area contributed by atoms with Gasteiger partial charge in [0, 0.05) is 18.3 Å². The van der Waals surface area contributed by atoms with Crippen molar-refractivity contribution < 1.29 is 19.4 Å². The summed E-state index contributed by atoms with van der Waals surface area (Å²) in [5.41, 5.74) is 2.21. The number of aryl methyl sites for hydroxylation is 1. The summed E-state index contributed by atoms with van der Waals surface area (Å²) in [5.74, 6) is -1.22. The lowest BCUT2D eigenvalue weighted by Gasteiger charge is -2.25.